The van der Waals surface area contributed by atoms with Crippen LogP contribution < -0.4 is 4.72 Å². The third kappa shape index (κ3) is 4.21. The number of nitrogens with one attached hydrogen (secondary N) is 1. The lowest BCUT2D eigenvalue weighted by Gasteiger charge is -2.15. The molecule has 0 saturated heterocycles. The van der Waals surface area contributed by atoms with Crippen LogP contribution in [0.2, 0.25) is 0 Å². The number of rotatable bonds is 7. The molecule has 9 heteroatoms. The van der Waals surface area contributed by atoms with Gasteiger partial charge >= 0.3 is 5.97 Å². The molecule has 0 amide bonds. The van der Waals surface area contributed by atoms with E-state index in [1.165, 1.54) is 21.1 Å². The lowest BCUT2D eigenvalue weighted by molar-refractivity contribution is -0.0960. The average Bonchev–Trinajstić information content (AvgIpc) is 2.42. The lowest BCUT2D eigenvalue weighted by Crippen LogP contribution is -2.34. The van der Waals surface area contributed by atoms with E-state index in [4.69, 9.17) is 14.6 Å². The standard InChI is InChI=1S/C12H16FNO6S/c1-7-4-8(5-9(11(7)13)12(15)16)21(17,18)14-6-10(19-2)20-3/h4-5,10,14H,6H2,1-3H3,(H,15,16). The average molecular weight is 321 g/mol. The Hall–Kier alpha value is -1.55. The number of methoxy groups -OCH3 is 2. The summed E-state index contributed by atoms with van der Waals surface area (Å²) in [6.07, 6.45) is -0.791. The Balaban J connectivity index is 3.12. The van der Waals surface area contributed by atoms with E-state index >= 15 is 0 Å². The van der Waals surface area contributed by atoms with Crippen LogP contribution >= 0.6 is 0 Å². The van der Waals surface area contributed by atoms with Crippen molar-refractivity contribution in [2.75, 3.05) is 20.8 Å². The van der Waals surface area contributed by atoms with Crippen molar-refractivity contribution in [2.45, 2.75) is 18.1 Å². The van der Waals surface area contributed by atoms with Crippen LogP contribution in [-0.4, -0.2) is 46.5 Å². The molecule has 0 aliphatic rings. The van der Waals surface area contributed by atoms with Gasteiger partial charge in [-0.25, -0.2) is 22.3 Å². The first-order chi connectivity index (χ1) is 9.72. The SMILES string of the molecule is COC(CNS(=O)(=O)c1cc(C)c(F)c(C(=O)O)c1)OC. The number of halogens is 1. The van der Waals surface area contributed by atoms with Gasteiger partial charge < -0.3 is 14.6 Å². The topological polar surface area (TPSA) is 102 Å². The molecule has 0 fully saturated rings. The van der Waals surface area contributed by atoms with E-state index in [0.29, 0.717) is 0 Å². The van der Waals surface area contributed by atoms with Crippen molar-refractivity contribution in [1.82, 2.24) is 4.72 Å². The molecule has 1 aromatic rings. The highest BCUT2D eigenvalue weighted by Gasteiger charge is 2.22. The van der Waals surface area contributed by atoms with Crippen molar-refractivity contribution < 1.29 is 32.2 Å². The molecule has 0 heterocycles. The molecule has 1 aromatic carbocycles. The molecule has 0 atom stereocenters. The monoisotopic (exact) mass is 321 g/mol. The van der Waals surface area contributed by atoms with Crippen LogP contribution in [0.15, 0.2) is 17.0 Å². The maximum atomic E-state index is 13.6. The summed E-state index contributed by atoms with van der Waals surface area (Å²) < 4.78 is 49.6. The Labute approximate surface area is 121 Å². The van der Waals surface area contributed by atoms with Crippen LogP contribution in [-0.2, 0) is 19.5 Å². The van der Waals surface area contributed by atoms with Gasteiger partial charge in [0.25, 0.3) is 0 Å². The zero-order valence-corrected chi connectivity index (χ0v) is 12.5. The first kappa shape index (κ1) is 17.5. The van der Waals surface area contributed by atoms with Crippen LogP contribution in [0.5, 0.6) is 0 Å². The second-order valence-corrected chi connectivity index (χ2v) is 5.93. The minimum Gasteiger partial charge on any atom is -0.478 e. The van der Waals surface area contributed by atoms with E-state index < -0.39 is 33.7 Å². The van der Waals surface area contributed by atoms with Crippen molar-refractivity contribution >= 4 is 16.0 Å². The van der Waals surface area contributed by atoms with E-state index in [0.717, 1.165) is 12.1 Å². The normalized spacial score (nSPS) is 11.9. The number of aromatic carboxylic acids is 1. The summed E-state index contributed by atoms with van der Waals surface area (Å²) in [4.78, 5) is 10.6. The number of carboxylic acid groups (broad SMARTS) is 1. The highest BCUT2D eigenvalue weighted by molar-refractivity contribution is 7.89. The minimum atomic E-state index is -4.01. The van der Waals surface area contributed by atoms with Crippen molar-refractivity contribution in [3.05, 3.63) is 29.1 Å². The van der Waals surface area contributed by atoms with E-state index in [1.54, 1.807) is 0 Å². The van der Waals surface area contributed by atoms with Gasteiger partial charge in [-0.3, -0.25) is 0 Å². The second-order valence-electron chi connectivity index (χ2n) is 4.16. The molecular formula is C12H16FNO6S. The van der Waals surface area contributed by atoms with Gasteiger partial charge in [-0.15, -0.1) is 0 Å². The lowest BCUT2D eigenvalue weighted by atomic mass is 10.1. The number of sulfonamides is 1. The number of benzene rings is 1. The minimum absolute atomic E-state index is 0.0784. The smallest absolute Gasteiger partial charge is 0.338 e. The summed E-state index contributed by atoms with van der Waals surface area (Å²) in [5, 5.41) is 8.88. The number of carbonyl (C=O) groups is 1. The molecule has 118 valence electrons. The molecule has 0 saturated carbocycles. The fraction of sp³-hybridized carbons (Fsp3) is 0.417. The Morgan fingerprint density at radius 3 is 2.43 bits per heavy atom. The van der Waals surface area contributed by atoms with Gasteiger partial charge in [-0.1, -0.05) is 0 Å². The summed E-state index contributed by atoms with van der Waals surface area (Å²) in [6, 6.07) is 1.82. The van der Waals surface area contributed by atoms with Crippen LogP contribution in [0.1, 0.15) is 15.9 Å². The molecule has 0 aromatic heterocycles. The summed E-state index contributed by atoms with van der Waals surface area (Å²) in [5.74, 6) is -2.51. The van der Waals surface area contributed by atoms with E-state index in [2.05, 4.69) is 4.72 Å². The Kier molecular flexibility index (Phi) is 5.78. The molecule has 1 rings (SSSR count). The summed E-state index contributed by atoms with van der Waals surface area (Å²) in [6.45, 7) is 1.11. The van der Waals surface area contributed by atoms with Gasteiger partial charge in [-0.05, 0) is 24.6 Å². The number of aryl methyl sites for hydroxylation is 1. The fourth-order valence-electron chi connectivity index (χ4n) is 1.57. The Morgan fingerprint density at radius 1 is 1.38 bits per heavy atom. The first-order valence-corrected chi connectivity index (χ1v) is 7.30. The van der Waals surface area contributed by atoms with Crippen LogP contribution in [0.4, 0.5) is 4.39 Å². The molecule has 0 spiro atoms. The predicted octanol–water partition coefficient (Wildman–Crippen LogP) is 0.730. The third-order valence-corrected chi connectivity index (χ3v) is 4.14. The maximum Gasteiger partial charge on any atom is 0.338 e. The first-order valence-electron chi connectivity index (χ1n) is 5.81. The largest absolute Gasteiger partial charge is 0.478 e. The molecule has 0 aliphatic heterocycles. The second kappa shape index (κ2) is 6.94. The molecule has 0 bridgehead atoms. The zero-order valence-electron chi connectivity index (χ0n) is 11.7. The van der Waals surface area contributed by atoms with Gasteiger partial charge in [0.1, 0.15) is 5.82 Å². The summed E-state index contributed by atoms with van der Waals surface area (Å²) >= 11 is 0. The molecular weight excluding hydrogens is 305 g/mol. The van der Waals surface area contributed by atoms with Gasteiger partial charge in [0.05, 0.1) is 17.0 Å². The maximum absolute atomic E-state index is 13.6. The summed E-state index contributed by atoms with van der Waals surface area (Å²) in [7, 11) is -1.33. The van der Waals surface area contributed by atoms with Crippen LogP contribution in [0, 0.1) is 12.7 Å². The van der Waals surface area contributed by atoms with Crippen molar-refractivity contribution in [3.63, 3.8) is 0 Å². The fourth-order valence-corrected chi connectivity index (χ4v) is 2.70. The Morgan fingerprint density at radius 2 is 1.95 bits per heavy atom. The third-order valence-electron chi connectivity index (χ3n) is 2.73. The van der Waals surface area contributed by atoms with Crippen molar-refractivity contribution in [1.29, 1.82) is 0 Å². The van der Waals surface area contributed by atoms with Crippen molar-refractivity contribution in [3.8, 4) is 0 Å². The molecule has 0 aliphatic carbocycles. The van der Waals surface area contributed by atoms with Crippen molar-refractivity contribution in [2.24, 2.45) is 0 Å². The van der Waals surface area contributed by atoms with Crippen LogP contribution in [0.3, 0.4) is 0 Å². The molecule has 7 nitrogen and oxygen atoms in total. The quantitative estimate of drug-likeness (QED) is 0.718. The van der Waals surface area contributed by atoms with Gasteiger partial charge in [0.15, 0.2) is 6.29 Å². The van der Waals surface area contributed by atoms with E-state index in [1.807, 2.05) is 0 Å². The summed E-state index contributed by atoms with van der Waals surface area (Å²) in [5.41, 5.74) is -0.782. The van der Waals surface area contributed by atoms with Crippen LogP contribution in [0.25, 0.3) is 0 Å². The van der Waals surface area contributed by atoms with Gasteiger partial charge in [0.2, 0.25) is 10.0 Å². The Bertz CT molecular complexity index is 627. The highest BCUT2D eigenvalue weighted by Crippen LogP contribution is 2.19. The number of ether oxygens (including phenoxy) is 2. The number of hydrogen-bond acceptors (Lipinski definition) is 5. The van der Waals surface area contributed by atoms with Gasteiger partial charge in [0, 0.05) is 14.2 Å². The van der Waals surface area contributed by atoms with Gasteiger partial charge in [-0.2, -0.15) is 0 Å². The highest BCUT2D eigenvalue weighted by atomic mass is 32.2. The number of carboxylic acids is 1. The molecule has 0 unspecified atom stereocenters. The number of hydrogen-bond donors (Lipinski definition) is 2. The molecule has 21 heavy (non-hydrogen) atoms. The van der Waals surface area contributed by atoms with E-state index in [9.17, 15) is 17.6 Å². The molecule has 0 radical (unpaired) electrons. The van der Waals surface area contributed by atoms with E-state index in [-0.39, 0.29) is 17.0 Å². The zero-order chi connectivity index (χ0) is 16.2. The predicted molar refractivity (Wildman–Crippen MR) is 71.1 cm³/mol. The molecule has 2 N–H and O–H groups in total.